The molecule has 37 heavy (non-hydrogen) atoms. The van der Waals surface area contributed by atoms with Crippen LogP contribution in [0.15, 0.2) is 71.1 Å². The summed E-state index contributed by atoms with van der Waals surface area (Å²) in [6.45, 7) is 2.17. The highest BCUT2D eigenvalue weighted by Crippen LogP contribution is 2.53. The summed E-state index contributed by atoms with van der Waals surface area (Å²) in [6, 6.07) is 16.1. The second kappa shape index (κ2) is 10.0. The van der Waals surface area contributed by atoms with Crippen LogP contribution in [0.25, 0.3) is 10.9 Å². The number of benzene rings is 2. The van der Waals surface area contributed by atoms with E-state index in [4.69, 9.17) is 4.74 Å². The molecule has 5 rings (SSSR count). The van der Waals surface area contributed by atoms with Gasteiger partial charge in [-0.3, -0.25) is 14.5 Å². The summed E-state index contributed by atoms with van der Waals surface area (Å²) in [6.07, 6.45) is -2.46. The number of piperidine rings is 1. The van der Waals surface area contributed by atoms with E-state index in [1.54, 1.807) is 30.3 Å². The highest BCUT2D eigenvalue weighted by atomic mass is 32.2. The number of para-hydroxylation sites is 1. The SMILES string of the molecule is C/C=C1/CN(CC(Sc2ccccc2)C(=O)C(F)(F)F)[C@H]2C[C@@H]1[C@H](C(=O)OC)c1c2[nH]c2ccccc12. The van der Waals surface area contributed by atoms with Crippen LogP contribution in [0.4, 0.5) is 13.2 Å². The van der Waals surface area contributed by atoms with Crippen LogP contribution < -0.4 is 0 Å². The third kappa shape index (κ3) is 4.70. The van der Waals surface area contributed by atoms with Gasteiger partial charge >= 0.3 is 12.1 Å². The van der Waals surface area contributed by atoms with Crippen molar-refractivity contribution >= 4 is 34.4 Å². The zero-order valence-corrected chi connectivity index (χ0v) is 21.2. The number of allylic oxidation sites excluding steroid dienone is 1. The average molecular weight is 529 g/mol. The number of halogens is 3. The first-order valence-corrected chi connectivity index (χ1v) is 13.0. The molecule has 1 N–H and O–H groups in total. The fourth-order valence-electron chi connectivity index (χ4n) is 5.78. The molecule has 1 saturated heterocycles. The number of ketones is 1. The first-order valence-electron chi connectivity index (χ1n) is 12.1. The van der Waals surface area contributed by atoms with Crippen molar-refractivity contribution in [3.63, 3.8) is 0 Å². The number of likely N-dealkylation sites (tertiary alicyclic amines) is 1. The van der Waals surface area contributed by atoms with Gasteiger partial charge in [0.2, 0.25) is 0 Å². The Balaban J connectivity index is 1.58. The van der Waals surface area contributed by atoms with E-state index in [1.807, 2.05) is 42.2 Å². The van der Waals surface area contributed by atoms with E-state index < -0.39 is 23.1 Å². The molecule has 2 heterocycles. The summed E-state index contributed by atoms with van der Waals surface area (Å²) in [5.74, 6) is -2.71. The highest BCUT2D eigenvalue weighted by molar-refractivity contribution is 8.00. The van der Waals surface area contributed by atoms with Crippen molar-refractivity contribution in [2.45, 2.75) is 41.6 Å². The quantitative estimate of drug-likeness (QED) is 0.240. The summed E-state index contributed by atoms with van der Waals surface area (Å²) in [7, 11) is 1.38. The van der Waals surface area contributed by atoms with Crippen LogP contribution >= 0.6 is 11.8 Å². The molecule has 5 nitrogen and oxygen atoms in total. The molecule has 0 amide bonds. The van der Waals surface area contributed by atoms with Crippen LogP contribution in [0.1, 0.15) is 36.6 Å². The Bertz CT molecular complexity index is 1350. The van der Waals surface area contributed by atoms with Crippen molar-refractivity contribution < 1.29 is 27.5 Å². The number of aromatic amines is 1. The van der Waals surface area contributed by atoms with Crippen molar-refractivity contribution in [1.29, 1.82) is 0 Å². The van der Waals surface area contributed by atoms with Crippen molar-refractivity contribution in [3.8, 4) is 0 Å². The maximum Gasteiger partial charge on any atom is 0.451 e. The second-order valence-corrected chi connectivity index (χ2v) is 10.7. The zero-order chi connectivity index (χ0) is 26.3. The van der Waals surface area contributed by atoms with Crippen LogP contribution in [0.3, 0.4) is 0 Å². The number of alkyl halides is 3. The van der Waals surface area contributed by atoms with Crippen molar-refractivity contribution in [1.82, 2.24) is 9.88 Å². The van der Waals surface area contributed by atoms with Gasteiger partial charge in [-0.2, -0.15) is 13.2 Å². The Kier molecular flexibility index (Phi) is 6.93. The molecule has 194 valence electrons. The van der Waals surface area contributed by atoms with Crippen LogP contribution in [0.2, 0.25) is 0 Å². The van der Waals surface area contributed by atoms with Crippen molar-refractivity contribution in [2.75, 3.05) is 20.2 Å². The van der Waals surface area contributed by atoms with E-state index in [0.29, 0.717) is 17.9 Å². The lowest BCUT2D eigenvalue weighted by Gasteiger charge is -2.47. The molecular formula is C28H27F3N2O3S. The van der Waals surface area contributed by atoms with Gasteiger partial charge in [0.1, 0.15) is 0 Å². The molecule has 1 unspecified atom stereocenters. The van der Waals surface area contributed by atoms with Gasteiger partial charge < -0.3 is 9.72 Å². The number of aromatic nitrogens is 1. The Hall–Kier alpha value is -3.04. The standard InChI is InChI=1S/C28H27F3N2O3S/c1-3-16-14-33(15-22(26(34)28(29,30)31)37-17-9-5-4-6-10-17)21-13-19(16)24(27(35)36-2)23-18-11-7-8-12-20(18)32-25(21)23/h3-12,19,21-22,24,32H,13-15H2,1-2H3/b16-3-/t19-,21-,22?,24-/m0/s1. The Morgan fingerprint density at radius 3 is 2.54 bits per heavy atom. The molecule has 0 saturated carbocycles. The third-order valence-electron chi connectivity index (χ3n) is 7.42. The second-order valence-electron chi connectivity index (χ2n) is 9.43. The van der Waals surface area contributed by atoms with E-state index in [1.165, 1.54) is 7.11 Å². The minimum Gasteiger partial charge on any atom is -0.469 e. The third-order valence-corrected chi connectivity index (χ3v) is 8.61. The zero-order valence-electron chi connectivity index (χ0n) is 20.4. The lowest BCUT2D eigenvalue weighted by Crippen LogP contribution is -2.49. The fourth-order valence-corrected chi connectivity index (χ4v) is 6.93. The Morgan fingerprint density at radius 1 is 1.16 bits per heavy atom. The summed E-state index contributed by atoms with van der Waals surface area (Å²) in [5, 5.41) is -0.426. The first-order chi connectivity index (χ1) is 17.7. The van der Waals surface area contributed by atoms with Gasteiger partial charge in [0, 0.05) is 40.5 Å². The van der Waals surface area contributed by atoms with E-state index in [-0.39, 0.29) is 24.5 Å². The molecule has 2 aromatic carbocycles. The van der Waals surface area contributed by atoms with Gasteiger partial charge in [0.25, 0.3) is 5.78 Å². The van der Waals surface area contributed by atoms with E-state index in [9.17, 15) is 22.8 Å². The number of fused-ring (bicyclic) bond motifs is 6. The van der Waals surface area contributed by atoms with E-state index >= 15 is 0 Å². The molecule has 0 radical (unpaired) electrons. The van der Waals surface area contributed by atoms with E-state index in [0.717, 1.165) is 39.5 Å². The Morgan fingerprint density at radius 2 is 1.86 bits per heavy atom. The number of ether oxygens (including phenoxy) is 1. The summed E-state index contributed by atoms with van der Waals surface area (Å²) in [5.41, 5.74) is 3.47. The smallest absolute Gasteiger partial charge is 0.451 e. The number of carbonyl (C=O) groups is 2. The van der Waals surface area contributed by atoms with Crippen LogP contribution in [-0.4, -0.2) is 53.3 Å². The summed E-state index contributed by atoms with van der Waals surface area (Å²) in [4.78, 5) is 31.6. The number of thioether (sulfide) groups is 1. The molecule has 1 fully saturated rings. The summed E-state index contributed by atoms with van der Waals surface area (Å²) >= 11 is 0.938. The van der Waals surface area contributed by atoms with Gasteiger partial charge in [0.05, 0.1) is 24.3 Å². The lowest BCUT2D eigenvalue weighted by molar-refractivity contribution is -0.170. The minimum atomic E-state index is -4.94. The van der Waals surface area contributed by atoms with Crippen LogP contribution in [0, 0.1) is 5.92 Å². The largest absolute Gasteiger partial charge is 0.469 e. The van der Waals surface area contributed by atoms with E-state index in [2.05, 4.69) is 4.98 Å². The topological polar surface area (TPSA) is 62.4 Å². The number of nitrogens with zero attached hydrogens (tertiary/aromatic N) is 1. The maximum atomic E-state index is 13.7. The number of nitrogens with one attached hydrogen (secondary N) is 1. The number of rotatable bonds is 6. The molecule has 4 atom stereocenters. The first kappa shape index (κ1) is 25.6. The number of carbonyl (C=O) groups excluding carboxylic acids is 2. The molecule has 1 aliphatic heterocycles. The number of hydrogen-bond donors (Lipinski definition) is 1. The molecule has 9 heteroatoms. The van der Waals surface area contributed by atoms with Crippen molar-refractivity contribution in [2.24, 2.45) is 5.92 Å². The van der Waals surface area contributed by atoms with Gasteiger partial charge in [-0.25, -0.2) is 0 Å². The minimum absolute atomic E-state index is 0.0790. The normalized spacial score (nSPS) is 23.6. The predicted molar refractivity (Wildman–Crippen MR) is 136 cm³/mol. The van der Waals surface area contributed by atoms with Gasteiger partial charge in [-0.15, -0.1) is 11.8 Å². The fraction of sp³-hybridized carbons (Fsp3) is 0.357. The number of Topliss-reactive ketones (excluding diaryl/α,β-unsaturated/α-hetero) is 1. The number of hydrogen-bond acceptors (Lipinski definition) is 5. The molecule has 3 aromatic rings. The van der Waals surface area contributed by atoms with Gasteiger partial charge in [-0.1, -0.05) is 48.0 Å². The Labute approximate surface area is 217 Å². The summed E-state index contributed by atoms with van der Waals surface area (Å²) < 4.78 is 46.2. The number of esters is 1. The highest BCUT2D eigenvalue weighted by Gasteiger charge is 2.50. The average Bonchev–Trinajstić information content (AvgIpc) is 3.28. The molecule has 1 aromatic heterocycles. The van der Waals surface area contributed by atoms with Gasteiger partial charge in [0.15, 0.2) is 0 Å². The molecule has 1 aliphatic carbocycles. The van der Waals surface area contributed by atoms with Crippen LogP contribution in [0.5, 0.6) is 0 Å². The maximum absolute atomic E-state index is 13.7. The molecular weight excluding hydrogens is 501 g/mol. The molecule has 2 aliphatic rings. The van der Waals surface area contributed by atoms with Gasteiger partial charge in [-0.05, 0) is 37.1 Å². The molecule has 0 spiro atoms. The van der Waals surface area contributed by atoms with Crippen LogP contribution in [-0.2, 0) is 14.3 Å². The number of H-pyrrole nitrogens is 1. The monoisotopic (exact) mass is 528 g/mol. The number of methoxy groups -OCH3 is 1. The predicted octanol–water partition coefficient (Wildman–Crippen LogP) is 6.04. The lowest BCUT2D eigenvalue weighted by atomic mass is 9.68. The molecule has 2 bridgehead atoms. The van der Waals surface area contributed by atoms with Crippen molar-refractivity contribution in [3.05, 3.63) is 77.5 Å².